The fraction of sp³-hybridized carbons (Fsp3) is 0.875. The van der Waals surface area contributed by atoms with Crippen LogP contribution in [0.15, 0.2) is 12.3 Å². The summed E-state index contributed by atoms with van der Waals surface area (Å²) in [7, 11) is 0. The van der Waals surface area contributed by atoms with Gasteiger partial charge in [-0.2, -0.15) is 0 Å². The quantitative estimate of drug-likeness (QED) is 0.483. The summed E-state index contributed by atoms with van der Waals surface area (Å²) in [6.45, 7) is 10.3. The second kappa shape index (κ2) is 12.9. The molecule has 0 unspecified atom stereocenters. The molecule has 0 aromatic carbocycles. The van der Waals surface area contributed by atoms with Gasteiger partial charge in [0.15, 0.2) is 0 Å². The SMILES string of the molecule is C=C(NCCCCCCCCCCCN)C(C)C. The zero-order chi connectivity index (χ0) is 13.6. The topological polar surface area (TPSA) is 38.0 Å². The Morgan fingerprint density at radius 1 is 0.889 bits per heavy atom. The maximum atomic E-state index is 5.47. The van der Waals surface area contributed by atoms with Crippen LogP contribution in [0.2, 0.25) is 0 Å². The number of nitrogens with one attached hydrogen (secondary N) is 1. The predicted molar refractivity (Wildman–Crippen MR) is 82.6 cm³/mol. The molecule has 0 amide bonds. The number of unbranched alkanes of at least 4 members (excludes halogenated alkanes) is 8. The first-order valence-corrected chi connectivity index (χ1v) is 7.81. The highest BCUT2D eigenvalue weighted by Gasteiger charge is 1.98. The Kier molecular flexibility index (Phi) is 12.6. The van der Waals surface area contributed by atoms with Crippen molar-refractivity contribution in [1.29, 1.82) is 0 Å². The maximum absolute atomic E-state index is 5.47. The highest BCUT2D eigenvalue weighted by Crippen LogP contribution is 2.09. The fourth-order valence-corrected chi connectivity index (χ4v) is 1.96. The molecule has 2 heteroatoms. The summed E-state index contributed by atoms with van der Waals surface area (Å²) in [6.07, 6.45) is 12.1. The van der Waals surface area contributed by atoms with Crippen molar-refractivity contribution in [2.24, 2.45) is 11.7 Å². The van der Waals surface area contributed by atoms with Crippen molar-refractivity contribution in [2.45, 2.75) is 71.6 Å². The Hall–Kier alpha value is -0.500. The van der Waals surface area contributed by atoms with Crippen LogP contribution in [0.5, 0.6) is 0 Å². The molecule has 0 saturated carbocycles. The molecular formula is C16H34N2. The molecule has 0 spiro atoms. The molecule has 0 atom stereocenters. The summed E-state index contributed by atoms with van der Waals surface area (Å²) in [6, 6.07) is 0. The highest BCUT2D eigenvalue weighted by atomic mass is 14.9. The molecule has 0 aromatic rings. The first kappa shape index (κ1) is 17.5. The maximum Gasteiger partial charge on any atom is 0.0143 e. The third kappa shape index (κ3) is 12.0. The van der Waals surface area contributed by atoms with Gasteiger partial charge in [-0.1, -0.05) is 65.4 Å². The standard InChI is InChI=1S/C16H34N2/c1-15(2)16(3)18-14-12-10-8-6-4-5-7-9-11-13-17/h15,18H,3-14,17H2,1-2H3. The van der Waals surface area contributed by atoms with Crippen molar-refractivity contribution in [1.82, 2.24) is 5.32 Å². The lowest BCUT2D eigenvalue weighted by atomic mass is 10.1. The Labute approximate surface area is 114 Å². The number of rotatable bonds is 13. The van der Waals surface area contributed by atoms with Crippen molar-refractivity contribution >= 4 is 0 Å². The highest BCUT2D eigenvalue weighted by molar-refractivity contribution is 4.93. The van der Waals surface area contributed by atoms with Gasteiger partial charge >= 0.3 is 0 Å². The smallest absolute Gasteiger partial charge is 0.0143 e. The van der Waals surface area contributed by atoms with Gasteiger partial charge in [0.2, 0.25) is 0 Å². The molecule has 0 aliphatic rings. The van der Waals surface area contributed by atoms with E-state index < -0.39 is 0 Å². The Morgan fingerprint density at radius 3 is 1.78 bits per heavy atom. The minimum atomic E-state index is 0.554. The average molecular weight is 254 g/mol. The van der Waals surface area contributed by atoms with Gasteiger partial charge in [-0.25, -0.2) is 0 Å². The molecule has 108 valence electrons. The molecule has 0 fully saturated rings. The van der Waals surface area contributed by atoms with Crippen LogP contribution in [0.3, 0.4) is 0 Å². The van der Waals surface area contributed by atoms with Crippen LogP contribution in [0.4, 0.5) is 0 Å². The second-order valence-corrected chi connectivity index (χ2v) is 5.58. The Morgan fingerprint density at radius 2 is 1.33 bits per heavy atom. The van der Waals surface area contributed by atoms with E-state index in [1.807, 2.05) is 0 Å². The predicted octanol–water partition coefficient (Wildman–Crippen LogP) is 4.22. The van der Waals surface area contributed by atoms with Crippen molar-refractivity contribution in [2.75, 3.05) is 13.1 Å². The van der Waals surface area contributed by atoms with Crippen LogP contribution in [0.25, 0.3) is 0 Å². The van der Waals surface area contributed by atoms with Crippen molar-refractivity contribution in [3.63, 3.8) is 0 Å². The molecule has 0 rings (SSSR count). The van der Waals surface area contributed by atoms with Crippen molar-refractivity contribution in [3.8, 4) is 0 Å². The minimum absolute atomic E-state index is 0.554. The normalized spacial score (nSPS) is 10.9. The molecule has 3 N–H and O–H groups in total. The fourth-order valence-electron chi connectivity index (χ4n) is 1.96. The van der Waals surface area contributed by atoms with Crippen LogP contribution in [0, 0.1) is 5.92 Å². The molecule has 0 bridgehead atoms. The molecule has 2 nitrogen and oxygen atoms in total. The third-order valence-corrected chi connectivity index (χ3v) is 3.43. The molecule has 0 radical (unpaired) electrons. The van der Waals surface area contributed by atoms with Crippen LogP contribution in [0.1, 0.15) is 71.6 Å². The molecule has 0 heterocycles. The van der Waals surface area contributed by atoms with E-state index in [1.54, 1.807) is 0 Å². The van der Waals surface area contributed by atoms with Gasteiger partial charge in [-0.3, -0.25) is 0 Å². The first-order valence-electron chi connectivity index (χ1n) is 7.81. The number of hydrogen-bond acceptors (Lipinski definition) is 2. The van der Waals surface area contributed by atoms with E-state index in [2.05, 4.69) is 25.7 Å². The summed E-state index contributed by atoms with van der Waals surface area (Å²) in [5.74, 6) is 0.554. The lowest BCUT2D eigenvalue weighted by Gasteiger charge is -2.12. The molecule has 0 saturated heterocycles. The lowest BCUT2D eigenvalue weighted by molar-refractivity contribution is 0.548. The van der Waals surface area contributed by atoms with Gasteiger partial charge in [-0.05, 0) is 25.3 Å². The van der Waals surface area contributed by atoms with Gasteiger partial charge in [-0.15, -0.1) is 0 Å². The zero-order valence-electron chi connectivity index (χ0n) is 12.6. The Balaban J connectivity index is 3.05. The Bertz CT molecular complexity index is 188. The number of nitrogens with two attached hydrogens (primary N) is 1. The van der Waals surface area contributed by atoms with Gasteiger partial charge in [0.1, 0.15) is 0 Å². The molecule has 0 aliphatic carbocycles. The third-order valence-electron chi connectivity index (χ3n) is 3.43. The van der Waals surface area contributed by atoms with E-state index in [0.29, 0.717) is 5.92 Å². The van der Waals surface area contributed by atoms with E-state index >= 15 is 0 Å². The summed E-state index contributed by atoms with van der Waals surface area (Å²) in [5, 5.41) is 3.40. The summed E-state index contributed by atoms with van der Waals surface area (Å²) < 4.78 is 0. The van der Waals surface area contributed by atoms with Gasteiger partial charge in [0.25, 0.3) is 0 Å². The lowest BCUT2D eigenvalue weighted by Crippen LogP contribution is -2.17. The zero-order valence-corrected chi connectivity index (χ0v) is 12.6. The molecule has 18 heavy (non-hydrogen) atoms. The van der Waals surface area contributed by atoms with Gasteiger partial charge in [0, 0.05) is 12.2 Å². The van der Waals surface area contributed by atoms with Crippen molar-refractivity contribution in [3.05, 3.63) is 12.3 Å². The van der Waals surface area contributed by atoms with E-state index in [-0.39, 0.29) is 0 Å². The van der Waals surface area contributed by atoms with E-state index in [4.69, 9.17) is 5.73 Å². The van der Waals surface area contributed by atoms with E-state index in [9.17, 15) is 0 Å². The summed E-state index contributed by atoms with van der Waals surface area (Å²) in [4.78, 5) is 0. The first-order chi connectivity index (χ1) is 8.68. The van der Waals surface area contributed by atoms with E-state index in [1.165, 1.54) is 63.5 Å². The molecule has 0 aliphatic heterocycles. The van der Waals surface area contributed by atoms with Crippen LogP contribution < -0.4 is 11.1 Å². The largest absolute Gasteiger partial charge is 0.389 e. The monoisotopic (exact) mass is 254 g/mol. The van der Waals surface area contributed by atoms with Crippen LogP contribution >= 0.6 is 0 Å². The minimum Gasteiger partial charge on any atom is -0.389 e. The summed E-state index contributed by atoms with van der Waals surface area (Å²) in [5.41, 5.74) is 6.64. The van der Waals surface area contributed by atoms with Crippen LogP contribution in [-0.2, 0) is 0 Å². The second-order valence-electron chi connectivity index (χ2n) is 5.58. The molecule has 0 aromatic heterocycles. The van der Waals surface area contributed by atoms with Crippen LogP contribution in [-0.4, -0.2) is 13.1 Å². The number of allylic oxidation sites excluding steroid dienone is 1. The van der Waals surface area contributed by atoms with Crippen molar-refractivity contribution < 1.29 is 0 Å². The van der Waals surface area contributed by atoms with E-state index in [0.717, 1.165) is 13.1 Å². The summed E-state index contributed by atoms with van der Waals surface area (Å²) >= 11 is 0. The van der Waals surface area contributed by atoms with Gasteiger partial charge < -0.3 is 11.1 Å². The van der Waals surface area contributed by atoms with Gasteiger partial charge in [0.05, 0.1) is 0 Å². The average Bonchev–Trinajstić information content (AvgIpc) is 2.35. The number of hydrogen-bond donors (Lipinski definition) is 2. The molecular weight excluding hydrogens is 220 g/mol.